The Morgan fingerprint density at radius 1 is 1.26 bits per heavy atom. The van der Waals surface area contributed by atoms with Crippen LogP contribution in [0.5, 0.6) is 0 Å². The summed E-state index contributed by atoms with van der Waals surface area (Å²) >= 11 is 1.83. The zero-order valence-corrected chi connectivity index (χ0v) is 15.3. The maximum absolute atomic E-state index is 4.21. The molecule has 1 aromatic rings. The van der Waals surface area contributed by atoms with Crippen molar-refractivity contribution in [3.8, 4) is 0 Å². The topological polar surface area (TPSA) is 36.4 Å². The van der Waals surface area contributed by atoms with Crippen molar-refractivity contribution in [3.05, 3.63) is 34.9 Å². The zero-order chi connectivity index (χ0) is 13.4. The molecule has 0 spiro atoms. The molecular formula is C14H24IN3S. The van der Waals surface area contributed by atoms with E-state index in [2.05, 4.69) is 53.9 Å². The van der Waals surface area contributed by atoms with Gasteiger partial charge in [-0.15, -0.1) is 24.0 Å². The van der Waals surface area contributed by atoms with Gasteiger partial charge in [0.05, 0.1) is 0 Å². The Kier molecular flexibility index (Phi) is 10.1. The maximum atomic E-state index is 4.21. The van der Waals surface area contributed by atoms with Gasteiger partial charge in [0.15, 0.2) is 5.96 Å². The molecule has 108 valence electrons. The summed E-state index contributed by atoms with van der Waals surface area (Å²) in [5.74, 6) is 1.95. The summed E-state index contributed by atoms with van der Waals surface area (Å²) in [6.07, 6.45) is 2.10. The molecule has 0 saturated carbocycles. The van der Waals surface area contributed by atoms with Gasteiger partial charge < -0.3 is 10.6 Å². The highest BCUT2D eigenvalue weighted by molar-refractivity contribution is 14.0. The van der Waals surface area contributed by atoms with Crippen LogP contribution < -0.4 is 10.6 Å². The third-order valence-corrected chi connectivity index (χ3v) is 3.38. The molecule has 0 radical (unpaired) electrons. The second-order valence-electron chi connectivity index (χ2n) is 4.28. The molecule has 0 aliphatic carbocycles. The van der Waals surface area contributed by atoms with Crippen LogP contribution in [-0.4, -0.2) is 31.6 Å². The summed E-state index contributed by atoms with van der Waals surface area (Å²) in [7, 11) is 1.80. The van der Waals surface area contributed by atoms with E-state index in [9.17, 15) is 0 Å². The molecule has 0 fully saturated rings. The molecule has 1 rings (SSSR count). The Bertz CT molecular complexity index is 408. The molecule has 0 amide bonds. The molecule has 0 bridgehead atoms. The van der Waals surface area contributed by atoms with Gasteiger partial charge in [-0.1, -0.05) is 23.8 Å². The average Bonchev–Trinajstić information content (AvgIpc) is 2.35. The van der Waals surface area contributed by atoms with Crippen molar-refractivity contribution in [2.24, 2.45) is 4.99 Å². The standard InChI is InChI=1S/C14H23N3S.HI/c1-11-5-6-13(12(2)9-11)10-17-14(15-3)16-7-8-18-4;/h5-6,9H,7-8,10H2,1-4H3,(H2,15,16,17);1H. The average molecular weight is 393 g/mol. The molecule has 2 N–H and O–H groups in total. The molecule has 19 heavy (non-hydrogen) atoms. The van der Waals surface area contributed by atoms with E-state index in [4.69, 9.17) is 0 Å². The number of hydrogen-bond acceptors (Lipinski definition) is 2. The number of aryl methyl sites for hydroxylation is 2. The van der Waals surface area contributed by atoms with Crippen molar-refractivity contribution < 1.29 is 0 Å². The van der Waals surface area contributed by atoms with Gasteiger partial charge in [0.25, 0.3) is 0 Å². The Morgan fingerprint density at radius 2 is 2.00 bits per heavy atom. The van der Waals surface area contributed by atoms with Crippen LogP contribution in [0, 0.1) is 13.8 Å². The third-order valence-electron chi connectivity index (χ3n) is 2.77. The van der Waals surface area contributed by atoms with Crippen molar-refractivity contribution in [3.63, 3.8) is 0 Å². The number of rotatable bonds is 5. The molecular weight excluding hydrogens is 369 g/mol. The summed E-state index contributed by atoms with van der Waals surface area (Å²) in [4.78, 5) is 4.21. The number of nitrogens with one attached hydrogen (secondary N) is 2. The number of thioether (sulfide) groups is 1. The molecule has 0 atom stereocenters. The largest absolute Gasteiger partial charge is 0.356 e. The van der Waals surface area contributed by atoms with Crippen LogP contribution >= 0.6 is 35.7 Å². The molecule has 0 saturated heterocycles. The fourth-order valence-electron chi connectivity index (χ4n) is 1.72. The predicted octanol–water partition coefficient (Wildman–Crippen LogP) is 2.95. The van der Waals surface area contributed by atoms with Crippen molar-refractivity contribution >= 4 is 41.7 Å². The van der Waals surface area contributed by atoms with Gasteiger partial charge >= 0.3 is 0 Å². The summed E-state index contributed by atoms with van der Waals surface area (Å²) in [6, 6.07) is 6.53. The monoisotopic (exact) mass is 393 g/mol. The highest BCUT2D eigenvalue weighted by atomic mass is 127. The van der Waals surface area contributed by atoms with Gasteiger partial charge in [-0.3, -0.25) is 4.99 Å². The van der Waals surface area contributed by atoms with Gasteiger partial charge in [0, 0.05) is 25.9 Å². The molecule has 0 unspecified atom stereocenters. The fraction of sp³-hybridized carbons (Fsp3) is 0.500. The number of benzene rings is 1. The van der Waals surface area contributed by atoms with Gasteiger partial charge in [0.1, 0.15) is 0 Å². The van der Waals surface area contributed by atoms with E-state index in [1.807, 2.05) is 11.8 Å². The molecule has 1 aromatic carbocycles. The number of halogens is 1. The minimum atomic E-state index is 0. The SMILES string of the molecule is CN=C(NCCSC)NCc1ccc(C)cc1C.I. The van der Waals surface area contributed by atoms with E-state index in [1.165, 1.54) is 16.7 Å². The van der Waals surface area contributed by atoms with E-state index in [-0.39, 0.29) is 24.0 Å². The Hall–Kier alpha value is -0.430. The van der Waals surface area contributed by atoms with E-state index >= 15 is 0 Å². The molecule has 5 heteroatoms. The van der Waals surface area contributed by atoms with Crippen molar-refractivity contribution in [2.45, 2.75) is 20.4 Å². The summed E-state index contributed by atoms with van der Waals surface area (Å²) < 4.78 is 0. The minimum Gasteiger partial charge on any atom is -0.356 e. The van der Waals surface area contributed by atoms with Crippen LogP contribution in [0.4, 0.5) is 0 Å². The zero-order valence-electron chi connectivity index (χ0n) is 12.1. The Morgan fingerprint density at radius 3 is 2.58 bits per heavy atom. The predicted molar refractivity (Wildman–Crippen MR) is 97.9 cm³/mol. The Labute approximate surface area is 138 Å². The highest BCUT2D eigenvalue weighted by Crippen LogP contribution is 2.09. The summed E-state index contributed by atoms with van der Waals surface area (Å²) in [6.45, 7) is 6.01. The molecule has 3 nitrogen and oxygen atoms in total. The maximum Gasteiger partial charge on any atom is 0.191 e. The number of guanidine groups is 1. The Balaban J connectivity index is 0.00000324. The van der Waals surface area contributed by atoms with E-state index in [1.54, 1.807) is 7.05 Å². The van der Waals surface area contributed by atoms with Crippen molar-refractivity contribution in [1.29, 1.82) is 0 Å². The summed E-state index contributed by atoms with van der Waals surface area (Å²) in [5, 5.41) is 6.62. The number of aliphatic imine (C=N–C) groups is 1. The first-order valence-electron chi connectivity index (χ1n) is 6.17. The molecule has 0 aliphatic heterocycles. The third kappa shape index (κ3) is 7.06. The van der Waals surface area contributed by atoms with Gasteiger partial charge in [-0.25, -0.2) is 0 Å². The first kappa shape index (κ1) is 18.6. The second kappa shape index (κ2) is 10.4. The van der Waals surface area contributed by atoms with Crippen LogP contribution in [-0.2, 0) is 6.54 Å². The first-order chi connectivity index (χ1) is 8.67. The van der Waals surface area contributed by atoms with Crippen LogP contribution in [0.15, 0.2) is 23.2 Å². The van der Waals surface area contributed by atoms with E-state index < -0.39 is 0 Å². The lowest BCUT2D eigenvalue weighted by Crippen LogP contribution is -2.38. The molecule has 0 aromatic heterocycles. The molecule has 0 heterocycles. The van der Waals surface area contributed by atoms with Crippen LogP contribution in [0.25, 0.3) is 0 Å². The van der Waals surface area contributed by atoms with Crippen molar-refractivity contribution in [2.75, 3.05) is 25.6 Å². The van der Waals surface area contributed by atoms with E-state index in [0.717, 1.165) is 24.8 Å². The van der Waals surface area contributed by atoms with Gasteiger partial charge in [-0.05, 0) is 31.2 Å². The minimum absolute atomic E-state index is 0. The van der Waals surface area contributed by atoms with Crippen molar-refractivity contribution in [1.82, 2.24) is 10.6 Å². The summed E-state index contributed by atoms with van der Waals surface area (Å²) in [5.41, 5.74) is 3.94. The van der Waals surface area contributed by atoms with Crippen LogP contribution in [0.2, 0.25) is 0 Å². The van der Waals surface area contributed by atoms with Crippen LogP contribution in [0.3, 0.4) is 0 Å². The van der Waals surface area contributed by atoms with Gasteiger partial charge in [0.2, 0.25) is 0 Å². The lowest BCUT2D eigenvalue weighted by molar-refractivity contribution is 0.828. The lowest BCUT2D eigenvalue weighted by atomic mass is 10.1. The van der Waals surface area contributed by atoms with Gasteiger partial charge in [-0.2, -0.15) is 11.8 Å². The highest BCUT2D eigenvalue weighted by Gasteiger charge is 2.00. The number of hydrogen-bond donors (Lipinski definition) is 2. The quantitative estimate of drug-likeness (QED) is 0.350. The first-order valence-corrected chi connectivity index (χ1v) is 7.56. The fourth-order valence-corrected chi connectivity index (χ4v) is 2.02. The lowest BCUT2D eigenvalue weighted by Gasteiger charge is -2.13. The smallest absolute Gasteiger partial charge is 0.191 e. The second-order valence-corrected chi connectivity index (χ2v) is 5.26. The molecule has 0 aliphatic rings. The van der Waals surface area contributed by atoms with Crippen LogP contribution in [0.1, 0.15) is 16.7 Å². The number of nitrogens with zero attached hydrogens (tertiary/aromatic N) is 1. The van der Waals surface area contributed by atoms with E-state index in [0.29, 0.717) is 0 Å². The normalized spacial score (nSPS) is 10.8.